The number of hydrogen-bond acceptors (Lipinski definition) is 2. The van der Waals surface area contributed by atoms with Crippen LogP contribution in [-0.4, -0.2) is 23.7 Å². The minimum Gasteiger partial charge on any atom is -0.480 e. The van der Waals surface area contributed by atoms with Gasteiger partial charge in [0.15, 0.2) is 0 Å². The first-order valence-corrected chi connectivity index (χ1v) is 2.58. The van der Waals surface area contributed by atoms with Gasteiger partial charge in [-0.15, -0.1) is 0 Å². The molecular weight excluding hydrogens is 106 g/mol. The molecule has 0 radical (unpaired) electrons. The Morgan fingerprint density at radius 3 is 2.38 bits per heavy atom. The Morgan fingerprint density at radius 1 is 1.75 bits per heavy atom. The summed E-state index contributed by atoms with van der Waals surface area (Å²) in [7, 11) is 0. The molecule has 3 heteroatoms. The first-order chi connectivity index (χ1) is 3.63. The summed E-state index contributed by atoms with van der Waals surface area (Å²) < 4.78 is 0. The lowest BCUT2D eigenvalue weighted by Gasteiger charge is -2.02. The zero-order valence-corrected chi connectivity index (χ0v) is 5.14. The van der Waals surface area contributed by atoms with Crippen molar-refractivity contribution in [3.05, 3.63) is 0 Å². The van der Waals surface area contributed by atoms with E-state index in [1.807, 2.05) is 13.8 Å². The van der Waals surface area contributed by atoms with Crippen LogP contribution >= 0.6 is 0 Å². The summed E-state index contributed by atoms with van der Waals surface area (Å²) in [4.78, 5) is 9.84. The van der Waals surface area contributed by atoms with Crippen LogP contribution in [0.1, 0.15) is 13.8 Å². The average Bonchev–Trinajstić information content (AvgIpc) is 1.61. The Labute approximate surface area is 48.7 Å². The number of rotatable bonds is 3. The molecule has 0 rings (SSSR count). The van der Waals surface area contributed by atoms with Gasteiger partial charge in [-0.05, 0) is 0 Å². The first kappa shape index (κ1) is 7.43. The maximum Gasteiger partial charge on any atom is 0.317 e. The number of nitrogens with one attached hydrogen (secondary N) is 1. The molecule has 0 saturated carbocycles. The largest absolute Gasteiger partial charge is 0.480 e. The summed E-state index contributed by atoms with van der Waals surface area (Å²) in [6.45, 7) is 3.86. The van der Waals surface area contributed by atoms with E-state index in [-0.39, 0.29) is 12.6 Å². The third-order valence-electron chi connectivity index (χ3n) is 0.662. The van der Waals surface area contributed by atoms with E-state index in [1.165, 1.54) is 0 Å². The number of carboxylic acid groups (broad SMARTS) is 1. The summed E-state index contributed by atoms with van der Waals surface area (Å²) >= 11 is 0. The molecule has 0 bridgehead atoms. The van der Waals surface area contributed by atoms with Crippen LogP contribution in [0.15, 0.2) is 0 Å². The molecule has 0 aromatic carbocycles. The van der Waals surface area contributed by atoms with Crippen molar-refractivity contribution in [2.45, 2.75) is 19.9 Å². The SMILES string of the molecule is CC(C)NCC(=O)O. The lowest BCUT2D eigenvalue weighted by molar-refractivity contribution is -0.136. The van der Waals surface area contributed by atoms with Crippen LogP contribution < -0.4 is 5.32 Å². The lowest BCUT2D eigenvalue weighted by atomic mass is 10.4. The molecule has 0 aromatic rings. The second-order valence-electron chi connectivity index (χ2n) is 1.93. The van der Waals surface area contributed by atoms with E-state index in [4.69, 9.17) is 5.11 Å². The van der Waals surface area contributed by atoms with Crippen LogP contribution in [0.2, 0.25) is 0 Å². The number of hydrogen-bond donors (Lipinski definition) is 2. The lowest BCUT2D eigenvalue weighted by Crippen LogP contribution is -2.28. The van der Waals surface area contributed by atoms with Crippen LogP contribution in [0.25, 0.3) is 0 Å². The van der Waals surface area contributed by atoms with Crippen LogP contribution in [0, 0.1) is 0 Å². The van der Waals surface area contributed by atoms with Gasteiger partial charge in [0.2, 0.25) is 0 Å². The van der Waals surface area contributed by atoms with E-state index >= 15 is 0 Å². The quantitative estimate of drug-likeness (QED) is 0.550. The highest BCUT2D eigenvalue weighted by Crippen LogP contribution is 1.72. The minimum absolute atomic E-state index is 0.0532. The molecule has 3 nitrogen and oxygen atoms in total. The standard InChI is InChI=1S/C5H11NO2/c1-4(2)6-3-5(7)8/h4,6H,3H2,1-2H3,(H,7,8). The Kier molecular flexibility index (Phi) is 3.19. The van der Waals surface area contributed by atoms with Gasteiger partial charge >= 0.3 is 5.97 Å². The normalized spacial score (nSPS) is 9.88. The molecule has 8 heavy (non-hydrogen) atoms. The molecule has 0 saturated heterocycles. The van der Waals surface area contributed by atoms with Crippen molar-refractivity contribution >= 4 is 5.97 Å². The van der Waals surface area contributed by atoms with Crippen molar-refractivity contribution in [2.24, 2.45) is 0 Å². The van der Waals surface area contributed by atoms with Gasteiger partial charge in [0.05, 0.1) is 6.54 Å². The van der Waals surface area contributed by atoms with Gasteiger partial charge in [0.25, 0.3) is 0 Å². The van der Waals surface area contributed by atoms with Gasteiger partial charge in [0, 0.05) is 6.04 Å². The van der Waals surface area contributed by atoms with Crippen molar-refractivity contribution in [1.29, 1.82) is 0 Å². The fourth-order valence-corrected chi connectivity index (χ4v) is 0.291. The Morgan fingerprint density at radius 2 is 2.25 bits per heavy atom. The van der Waals surface area contributed by atoms with Gasteiger partial charge in [-0.3, -0.25) is 4.79 Å². The zero-order valence-electron chi connectivity index (χ0n) is 5.14. The van der Waals surface area contributed by atoms with E-state index in [1.54, 1.807) is 0 Å². The summed E-state index contributed by atoms with van der Waals surface area (Å²) in [6, 6.07) is 0.256. The second kappa shape index (κ2) is 3.43. The third-order valence-corrected chi connectivity index (χ3v) is 0.662. The summed E-state index contributed by atoms with van der Waals surface area (Å²) in [6.07, 6.45) is 0. The molecule has 0 atom stereocenters. The molecule has 0 unspecified atom stereocenters. The average molecular weight is 117 g/mol. The highest BCUT2D eigenvalue weighted by molar-refractivity contribution is 5.69. The van der Waals surface area contributed by atoms with Crippen molar-refractivity contribution in [1.82, 2.24) is 5.32 Å². The highest BCUT2D eigenvalue weighted by atomic mass is 16.4. The molecule has 0 aliphatic heterocycles. The van der Waals surface area contributed by atoms with Crippen LogP contribution in [0.5, 0.6) is 0 Å². The molecule has 0 aliphatic carbocycles. The predicted octanol–water partition coefficient (Wildman–Crippen LogP) is 0.0690. The molecule has 0 amide bonds. The molecule has 2 N–H and O–H groups in total. The van der Waals surface area contributed by atoms with E-state index < -0.39 is 5.97 Å². The third kappa shape index (κ3) is 5.43. The van der Waals surface area contributed by atoms with Gasteiger partial charge < -0.3 is 10.4 Å². The van der Waals surface area contributed by atoms with Crippen molar-refractivity contribution in [2.75, 3.05) is 6.54 Å². The predicted molar refractivity (Wildman–Crippen MR) is 30.8 cm³/mol. The van der Waals surface area contributed by atoms with Crippen molar-refractivity contribution < 1.29 is 9.90 Å². The zero-order chi connectivity index (χ0) is 6.57. The number of carboxylic acids is 1. The number of aliphatic carboxylic acids is 1. The molecule has 0 heterocycles. The molecule has 0 aromatic heterocycles. The van der Waals surface area contributed by atoms with Crippen LogP contribution in [0.4, 0.5) is 0 Å². The number of carbonyl (C=O) groups is 1. The topological polar surface area (TPSA) is 49.3 Å². The van der Waals surface area contributed by atoms with Gasteiger partial charge in [-0.1, -0.05) is 13.8 Å². The van der Waals surface area contributed by atoms with Crippen molar-refractivity contribution in [3.8, 4) is 0 Å². The Bertz CT molecular complexity index is 80.5. The van der Waals surface area contributed by atoms with E-state index in [0.717, 1.165) is 0 Å². The monoisotopic (exact) mass is 117 g/mol. The molecule has 0 aliphatic rings. The second-order valence-corrected chi connectivity index (χ2v) is 1.93. The smallest absolute Gasteiger partial charge is 0.317 e. The van der Waals surface area contributed by atoms with Crippen LogP contribution in [-0.2, 0) is 4.79 Å². The van der Waals surface area contributed by atoms with E-state index in [9.17, 15) is 4.79 Å². The molecule has 0 fully saturated rings. The van der Waals surface area contributed by atoms with E-state index in [0.29, 0.717) is 0 Å². The fourth-order valence-electron chi connectivity index (χ4n) is 0.291. The summed E-state index contributed by atoms with van der Waals surface area (Å²) in [5, 5.41) is 10.8. The van der Waals surface area contributed by atoms with Crippen molar-refractivity contribution in [3.63, 3.8) is 0 Å². The molecular formula is C5H11NO2. The van der Waals surface area contributed by atoms with Gasteiger partial charge in [-0.25, -0.2) is 0 Å². The molecule has 0 spiro atoms. The fraction of sp³-hybridized carbons (Fsp3) is 0.800. The van der Waals surface area contributed by atoms with Gasteiger partial charge in [0.1, 0.15) is 0 Å². The maximum atomic E-state index is 9.84. The van der Waals surface area contributed by atoms with Crippen LogP contribution in [0.3, 0.4) is 0 Å². The summed E-state index contributed by atoms with van der Waals surface area (Å²) in [5.74, 6) is -0.807. The summed E-state index contributed by atoms with van der Waals surface area (Å²) in [5.41, 5.74) is 0. The Hall–Kier alpha value is -0.570. The Balaban J connectivity index is 3.05. The highest BCUT2D eigenvalue weighted by Gasteiger charge is 1.95. The first-order valence-electron chi connectivity index (χ1n) is 2.58. The van der Waals surface area contributed by atoms with Gasteiger partial charge in [-0.2, -0.15) is 0 Å². The molecule has 48 valence electrons. The minimum atomic E-state index is -0.807. The maximum absolute atomic E-state index is 9.84. The van der Waals surface area contributed by atoms with E-state index in [2.05, 4.69) is 5.32 Å².